The van der Waals surface area contributed by atoms with Crippen LogP contribution in [0.15, 0.2) is 24.3 Å². The number of alkyl halides is 3. The molecule has 0 fully saturated rings. The molecule has 0 N–H and O–H groups in total. The molecule has 0 saturated heterocycles. The van der Waals surface area contributed by atoms with Crippen LogP contribution in [0.3, 0.4) is 0 Å². The number of para-hydroxylation sites is 1. The Morgan fingerprint density at radius 1 is 1.26 bits per heavy atom. The molecule has 19 heavy (non-hydrogen) atoms. The maximum atomic E-state index is 12.1. The van der Waals surface area contributed by atoms with Crippen LogP contribution in [0.5, 0.6) is 5.75 Å². The Kier molecular flexibility index (Phi) is 5.64. The van der Waals surface area contributed by atoms with Gasteiger partial charge in [0.2, 0.25) is 0 Å². The number of hydrogen-bond donors (Lipinski definition) is 0. The molecule has 1 rings (SSSR count). The Balaban J connectivity index is 2.27. The van der Waals surface area contributed by atoms with Crippen LogP contribution in [0, 0.1) is 11.3 Å². The van der Waals surface area contributed by atoms with E-state index in [9.17, 15) is 13.2 Å². The number of benzene rings is 1. The molecule has 0 aliphatic rings. The lowest BCUT2D eigenvalue weighted by molar-refractivity contribution is -0.214. The predicted octanol–water partition coefficient (Wildman–Crippen LogP) is 3.29. The molecule has 0 saturated carbocycles. The topological polar surface area (TPSA) is 42.2 Å². The van der Waals surface area contributed by atoms with Crippen LogP contribution in [0.4, 0.5) is 13.2 Å². The quantitative estimate of drug-likeness (QED) is 0.747. The van der Waals surface area contributed by atoms with Crippen molar-refractivity contribution in [3.63, 3.8) is 0 Å². The van der Waals surface area contributed by atoms with E-state index in [4.69, 9.17) is 10.00 Å². The zero-order valence-corrected chi connectivity index (χ0v) is 10.4. The van der Waals surface area contributed by atoms with Gasteiger partial charge in [-0.1, -0.05) is 12.1 Å². The molecule has 0 radical (unpaired) electrons. The standard InChI is InChI=1S/C13H14F3NO2/c1-10(13(14,15)16)18-7-4-8-19-12-6-3-2-5-11(12)9-17/h2-3,5-6,10H,4,7-8H2,1H3. The Hall–Kier alpha value is -1.74. The van der Waals surface area contributed by atoms with E-state index in [2.05, 4.69) is 4.74 Å². The van der Waals surface area contributed by atoms with Crippen molar-refractivity contribution in [3.05, 3.63) is 29.8 Å². The third-order valence-electron chi connectivity index (χ3n) is 2.38. The van der Waals surface area contributed by atoms with Gasteiger partial charge in [0.15, 0.2) is 6.10 Å². The van der Waals surface area contributed by atoms with Crippen molar-refractivity contribution in [1.82, 2.24) is 0 Å². The summed E-state index contributed by atoms with van der Waals surface area (Å²) in [5.41, 5.74) is 0.395. The summed E-state index contributed by atoms with van der Waals surface area (Å²) in [4.78, 5) is 0. The molecule has 0 aliphatic carbocycles. The molecule has 0 spiro atoms. The van der Waals surface area contributed by atoms with E-state index in [1.165, 1.54) is 0 Å². The predicted molar refractivity (Wildman–Crippen MR) is 62.7 cm³/mol. The van der Waals surface area contributed by atoms with Gasteiger partial charge < -0.3 is 9.47 Å². The van der Waals surface area contributed by atoms with E-state index >= 15 is 0 Å². The third kappa shape index (κ3) is 5.18. The molecule has 0 bridgehead atoms. The number of nitriles is 1. The first-order valence-corrected chi connectivity index (χ1v) is 5.75. The van der Waals surface area contributed by atoms with Crippen LogP contribution < -0.4 is 4.74 Å². The highest BCUT2D eigenvalue weighted by Crippen LogP contribution is 2.22. The van der Waals surface area contributed by atoms with Crippen LogP contribution in [0.25, 0.3) is 0 Å². The van der Waals surface area contributed by atoms with Crippen LogP contribution in [-0.2, 0) is 4.74 Å². The summed E-state index contributed by atoms with van der Waals surface area (Å²) >= 11 is 0. The average Bonchev–Trinajstić information content (AvgIpc) is 2.37. The van der Waals surface area contributed by atoms with Gasteiger partial charge in [0.25, 0.3) is 0 Å². The molecule has 3 nitrogen and oxygen atoms in total. The van der Waals surface area contributed by atoms with Crippen LogP contribution in [0.1, 0.15) is 18.9 Å². The molecule has 1 unspecified atom stereocenters. The second-order valence-electron chi connectivity index (χ2n) is 3.86. The first-order valence-electron chi connectivity index (χ1n) is 5.75. The highest BCUT2D eigenvalue weighted by atomic mass is 19.4. The van der Waals surface area contributed by atoms with Crippen LogP contribution in [-0.4, -0.2) is 25.5 Å². The maximum Gasteiger partial charge on any atom is 0.414 e. The highest BCUT2D eigenvalue weighted by molar-refractivity contribution is 5.42. The van der Waals surface area contributed by atoms with Gasteiger partial charge in [-0.25, -0.2) is 0 Å². The number of rotatable bonds is 6. The van der Waals surface area contributed by atoms with Gasteiger partial charge in [0.05, 0.1) is 18.8 Å². The van der Waals surface area contributed by atoms with E-state index < -0.39 is 12.3 Å². The summed E-state index contributed by atoms with van der Waals surface area (Å²) in [5, 5.41) is 8.80. The highest BCUT2D eigenvalue weighted by Gasteiger charge is 2.36. The fourth-order valence-corrected chi connectivity index (χ4v) is 1.28. The summed E-state index contributed by atoms with van der Waals surface area (Å²) in [7, 11) is 0. The summed E-state index contributed by atoms with van der Waals surface area (Å²) in [5.74, 6) is 0.425. The fraction of sp³-hybridized carbons (Fsp3) is 0.462. The molecule has 1 atom stereocenters. The normalized spacial score (nSPS) is 12.8. The number of hydrogen-bond acceptors (Lipinski definition) is 3. The van der Waals surface area contributed by atoms with Crippen molar-refractivity contribution in [2.24, 2.45) is 0 Å². The van der Waals surface area contributed by atoms with Crippen molar-refractivity contribution < 1.29 is 22.6 Å². The summed E-state index contributed by atoms with van der Waals surface area (Å²) in [6, 6.07) is 8.64. The lowest BCUT2D eigenvalue weighted by Gasteiger charge is -2.16. The van der Waals surface area contributed by atoms with Crippen molar-refractivity contribution in [3.8, 4) is 11.8 Å². The lowest BCUT2D eigenvalue weighted by Crippen LogP contribution is -2.29. The minimum absolute atomic E-state index is 0.0462. The van der Waals surface area contributed by atoms with Crippen molar-refractivity contribution in [1.29, 1.82) is 5.26 Å². The van der Waals surface area contributed by atoms with Gasteiger partial charge in [0.1, 0.15) is 11.8 Å². The Labute approximate surface area is 109 Å². The van der Waals surface area contributed by atoms with Gasteiger partial charge in [-0.2, -0.15) is 18.4 Å². The first-order chi connectivity index (χ1) is 8.95. The summed E-state index contributed by atoms with van der Waals surface area (Å²) < 4.78 is 46.3. The minimum Gasteiger partial charge on any atom is -0.492 e. The number of nitrogens with zero attached hydrogens (tertiary/aromatic N) is 1. The Morgan fingerprint density at radius 3 is 2.58 bits per heavy atom. The molecule has 0 aliphatic heterocycles. The van der Waals surface area contributed by atoms with Gasteiger partial charge in [-0.3, -0.25) is 0 Å². The zero-order valence-electron chi connectivity index (χ0n) is 10.4. The van der Waals surface area contributed by atoms with Crippen molar-refractivity contribution >= 4 is 0 Å². The molecule has 0 heterocycles. The summed E-state index contributed by atoms with van der Waals surface area (Å²) in [6.07, 6.45) is -5.80. The third-order valence-corrected chi connectivity index (χ3v) is 2.38. The molecular weight excluding hydrogens is 259 g/mol. The number of halogens is 3. The molecule has 104 valence electrons. The largest absolute Gasteiger partial charge is 0.492 e. The Bertz CT molecular complexity index is 440. The van der Waals surface area contributed by atoms with Crippen LogP contribution >= 0.6 is 0 Å². The van der Waals surface area contributed by atoms with Crippen molar-refractivity contribution in [2.75, 3.05) is 13.2 Å². The molecule has 1 aromatic carbocycles. The Morgan fingerprint density at radius 2 is 1.95 bits per heavy atom. The van der Waals surface area contributed by atoms with E-state index in [-0.39, 0.29) is 13.2 Å². The second kappa shape index (κ2) is 7.00. The van der Waals surface area contributed by atoms with Gasteiger partial charge in [0, 0.05) is 6.42 Å². The van der Waals surface area contributed by atoms with E-state index in [1.807, 2.05) is 6.07 Å². The van der Waals surface area contributed by atoms with E-state index in [0.29, 0.717) is 17.7 Å². The molecule has 0 aromatic heterocycles. The number of ether oxygens (including phenoxy) is 2. The molecule has 1 aromatic rings. The van der Waals surface area contributed by atoms with E-state index in [0.717, 1.165) is 6.92 Å². The monoisotopic (exact) mass is 273 g/mol. The maximum absolute atomic E-state index is 12.1. The van der Waals surface area contributed by atoms with Crippen LogP contribution in [0.2, 0.25) is 0 Å². The van der Waals surface area contributed by atoms with Crippen molar-refractivity contribution in [2.45, 2.75) is 25.6 Å². The SMILES string of the molecule is CC(OCCCOc1ccccc1C#N)C(F)(F)F. The first kappa shape index (κ1) is 15.3. The molecular formula is C13H14F3NO2. The smallest absolute Gasteiger partial charge is 0.414 e. The zero-order chi connectivity index (χ0) is 14.3. The minimum atomic E-state index is -4.34. The molecule has 6 heteroatoms. The van der Waals surface area contributed by atoms with E-state index in [1.54, 1.807) is 24.3 Å². The summed E-state index contributed by atoms with van der Waals surface area (Å²) in [6.45, 7) is 1.12. The lowest BCUT2D eigenvalue weighted by atomic mass is 10.2. The molecule has 0 amide bonds. The van der Waals surface area contributed by atoms with Gasteiger partial charge in [-0.05, 0) is 19.1 Å². The second-order valence-corrected chi connectivity index (χ2v) is 3.86. The van der Waals surface area contributed by atoms with Gasteiger partial charge >= 0.3 is 6.18 Å². The van der Waals surface area contributed by atoms with Gasteiger partial charge in [-0.15, -0.1) is 0 Å². The average molecular weight is 273 g/mol. The fourth-order valence-electron chi connectivity index (χ4n) is 1.28.